The average molecular weight is 353 g/mol. The molecular formula is C13H13CuN4S2. The Morgan fingerprint density at radius 2 is 2.30 bits per heavy atom. The number of hydrogen-bond acceptors (Lipinski definition) is 4. The van der Waals surface area contributed by atoms with Crippen molar-refractivity contribution in [3.8, 4) is 0 Å². The van der Waals surface area contributed by atoms with Gasteiger partial charge in [-0.25, -0.2) is 0 Å². The third-order valence-electron chi connectivity index (χ3n) is 2.40. The molecule has 0 fully saturated rings. The molecular weight excluding hydrogens is 340 g/mol. The van der Waals surface area contributed by atoms with Crippen LogP contribution in [0.4, 0.5) is 0 Å². The van der Waals surface area contributed by atoms with Crippen LogP contribution in [0.15, 0.2) is 53.9 Å². The first-order valence-electron chi connectivity index (χ1n) is 5.67. The molecule has 0 spiro atoms. The van der Waals surface area contributed by atoms with Crippen LogP contribution in [0.3, 0.4) is 0 Å². The summed E-state index contributed by atoms with van der Waals surface area (Å²) in [7, 11) is 0. The van der Waals surface area contributed by atoms with E-state index in [1.807, 2.05) is 42.7 Å². The van der Waals surface area contributed by atoms with Crippen molar-refractivity contribution >= 4 is 34.0 Å². The van der Waals surface area contributed by atoms with Crippen LogP contribution in [0.25, 0.3) is 5.32 Å². The molecule has 0 radical (unpaired) electrons. The van der Waals surface area contributed by atoms with Gasteiger partial charge in [-0.1, -0.05) is 54.3 Å². The Bertz CT molecular complexity index is 528. The van der Waals surface area contributed by atoms with Gasteiger partial charge in [0, 0.05) is 6.20 Å². The van der Waals surface area contributed by atoms with Crippen molar-refractivity contribution in [3.05, 3.63) is 59.8 Å². The van der Waals surface area contributed by atoms with E-state index in [0.717, 1.165) is 11.4 Å². The molecule has 1 unspecified atom stereocenters. The minimum Gasteiger partial charge on any atom is -0.680 e. The molecule has 0 amide bonds. The van der Waals surface area contributed by atoms with Crippen LogP contribution in [-0.4, -0.2) is 27.3 Å². The normalized spacial score (nSPS) is 17.1. The van der Waals surface area contributed by atoms with Crippen molar-refractivity contribution in [2.24, 2.45) is 5.10 Å². The number of thioether (sulfide) groups is 1. The SMILES string of the molecule is CSC(=S)N/N=C(\c1ccccn1)C1C=CC=C[N-]1.[Cu+]. The van der Waals surface area contributed by atoms with Crippen molar-refractivity contribution in [2.75, 3.05) is 6.26 Å². The number of hydrogen-bond donors (Lipinski definition) is 1. The molecule has 1 N–H and O–H groups in total. The van der Waals surface area contributed by atoms with Gasteiger partial charge in [-0.3, -0.25) is 10.4 Å². The summed E-state index contributed by atoms with van der Waals surface area (Å²) in [5.74, 6) is 0. The van der Waals surface area contributed by atoms with E-state index in [-0.39, 0.29) is 23.1 Å². The monoisotopic (exact) mass is 352 g/mol. The Morgan fingerprint density at radius 1 is 1.45 bits per heavy atom. The van der Waals surface area contributed by atoms with Crippen LogP contribution >= 0.6 is 24.0 Å². The molecule has 1 aromatic rings. The van der Waals surface area contributed by atoms with Crippen LogP contribution < -0.4 is 5.43 Å². The van der Waals surface area contributed by atoms with Gasteiger partial charge >= 0.3 is 17.1 Å². The maximum atomic E-state index is 5.09. The van der Waals surface area contributed by atoms with Crippen molar-refractivity contribution in [3.63, 3.8) is 0 Å². The van der Waals surface area contributed by atoms with Crippen LogP contribution in [0.1, 0.15) is 5.69 Å². The number of hydrazone groups is 1. The zero-order valence-electron chi connectivity index (χ0n) is 10.7. The molecule has 2 heterocycles. The molecule has 2 rings (SSSR count). The fraction of sp³-hybridized carbons (Fsp3) is 0.154. The molecule has 1 aliphatic rings. The van der Waals surface area contributed by atoms with Gasteiger partial charge in [0.25, 0.3) is 0 Å². The van der Waals surface area contributed by atoms with Gasteiger partial charge in [0.15, 0.2) is 4.32 Å². The minimum absolute atomic E-state index is 0. The first-order chi connectivity index (χ1) is 9.31. The summed E-state index contributed by atoms with van der Waals surface area (Å²) >= 11 is 6.53. The number of aromatic nitrogens is 1. The largest absolute Gasteiger partial charge is 1.00 e. The second-order valence-electron chi connectivity index (χ2n) is 3.64. The molecule has 108 valence electrons. The second kappa shape index (κ2) is 8.92. The van der Waals surface area contributed by atoms with Gasteiger partial charge < -0.3 is 5.32 Å². The maximum absolute atomic E-state index is 5.09. The summed E-state index contributed by atoms with van der Waals surface area (Å²) in [4.78, 5) is 4.32. The summed E-state index contributed by atoms with van der Waals surface area (Å²) in [6.45, 7) is 0. The van der Waals surface area contributed by atoms with Gasteiger partial charge in [-0.2, -0.15) is 11.3 Å². The van der Waals surface area contributed by atoms with Crippen molar-refractivity contribution in [1.82, 2.24) is 10.4 Å². The third-order valence-corrected chi connectivity index (χ3v) is 3.45. The zero-order chi connectivity index (χ0) is 13.5. The van der Waals surface area contributed by atoms with Crippen LogP contribution in [0, 0.1) is 0 Å². The van der Waals surface area contributed by atoms with Crippen molar-refractivity contribution in [1.29, 1.82) is 0 Å². The first-order valence-corrected chi connectivity index (χ1v) is 7.31. The van der Waals surface area contributed by atoms with Crippen LogP contribution in [-0.2, 0) is 17.1 Å². The van der Waals surface area contributed by atoms with E-state index in [1.165, 1.54) is 11.8 Å². The molecule has 4 nitrogen and oxygen atoms in total. The maximum Gasteiger partial charge on any atom is 1.00 e. The Labute approximate surface area is 138 Å². The van der Waals surface area contributed by atoms with E-state index >= 15 is 0 Å². The summed E-state index contributed by atoms with van der Waals surface area (Å²) in [5.41, 5.74) is 4.39. The van der Waals surface area contributed by atoms with E-state index < -0.39 is 0 Å². The van der Waals surface area contributed by atoms with E-state index in [1.54, 1.807) is 12.4 Å². The molecule has 7 heteroatoms. The fourth-order valence-corrected chi connectivity index (χ4v) is 1.70. The van der Waals surface area contributed by atoms with Crippen LogP contribution in [0.5, 0.6) is 0 Å². The number of nitrogens with one attached hydrogen (secondary N) is 1. The topological polar surface area (TPSA) is 51.4 Å². The summed E-state index contributed by atoms with van der Waals surface area (Å²) in [6, 6.07) is 5.56. The van der Waals surface area contributed by atoms with E-state index in [2.05, 4.69) is 20.8 Å². The molecule has 20 heavy (non-hydrogen) atoms. The summed E-state index contributed by atoms with van der Waals surface area (Å²) in [6.07, 6.45) is 11.2. The summed E-state index contributed by atoms with van der Waals surface area (Å²) < 4.78 is 0.615. The third kappa shape index (κ3) is 4.76. The Balaban J connectivity index is 0.00000200. The van der Waals surface area contributed by atoms with Crippen molar-refractivity contribution in [2.45, 2.75) is 6.04 Å². The smallest absolute Gasteiger partial charge is 0.680 e. The molecule has 0 saturated carbocycles. The molecule has 0 saturated heterocycles. The van der Waals surface area contributed by atoms with Gasteiger partial charge in [0.2, 0.25) is 0 Å². The van der Waals surface area contributed by atoms with Gasteiger partial charge in [0.1, 0.15) is 0 Å². The standard InChI is InChI=1S/C13H13N4S2.Cu/c1-19-13(18)17-16-12(10-6-2-4-8-14-10)11-7-3-5-9-15-11;/h2-10H,1H3,(H,15,17,18);/q-1;+1. The zero-order valence-corrected chi connectivity index (χ0v) is 13.2. The molecule has 0 aliphatic carbocycles. The summed E-state index contributed by atoms with van der Waals surface area (Å²) in [5, 5.41) is 8.73. The van der Waals surface area contributed by atoms with E-state index in [0.29, 0.717) is 4.32 Å². The van der Waals surface area contributed by atoms with E-state index in [4.69, 9.17) is 12.2 Å². The van der Waals surface area contributed by atoms with Gasteiger partial charge in [-0.05, 0) is 18.4 Å². The number of rotatable bonds is 3. The number of pyridine rings is 1. The molecule has 0 bridgehead atoms. The number of nitrogens with zero attached hydrogens (tertiary/aromatic N) is 3. The van der Waals surface area contributed by atoms with Gasteiger partial charge in [-0.15, -0.1) is 0 Å². The molecule has 0 aromatic carbocycles. The molecule has 1 aliphatic heterocycles. The Hall–Kier alpha value is -1.14. The quantitative estimate of drug-likeness (QED) is 0.393. The van der Waals surface area contributed by atoms with Crippen molar-refractivity contribution < 1.29 is 17.1 Å². The number of allylic oxidation sites excluding steroid dienone is 2. The van der Waals surface area contributed by atoms with Crippen LogP contribution in [0.2, 0.25) is 0 Å². The predicted octanol–water partition coefficient (Wildman–Crippen LogP) is 2.85. The number of thiocarbonyl (C=S) groups is 1. The second-order valence-corrected chi connectivity index (χ2v) is 5.12. The molecule has 1 atom stereocenters. The predicted molar refractivity (Wildman–Crippen MR) is 85.4 cm³/mol. The fourth-order valence-electron chi connectivity index (χ4n) is 1.51. The van der Waals surface area contributed by atoms with Gasteiger partial charge in [0.05, 0.1) is 11.4 Å². The Kier molecular flexibility index (Phi) is 7.54. The average Bonchev–Trinajstić information content (AvgIpc) is 2.49. The molecule has 1 aromatic heterocycles. The Morgan fingerprint density at radius 3 is 2.90 bits per heavy atom. The van der Waals surface area contributed by atoms with E-state index in [9.17, 15) is 0 Å². The minimum atomic E-state index is -0.142. The first kappa shape index (κ1) is 16.9.